The van der Waals surface area contributed by atoms with E-state index in [1.54, 1.807) is 6.92 Å². The lowest BCUT2D eigenvalue weighted by molar-refractivity contribution is 0.592. The molecule has 0 nitrogen and oxygen atoms in total. The number of hydrogen-bond donors (Lipinski definition) is 0. The zero-order valence-corrected chi connectivity index (χ0v) is 6.54. The van der Waals surface area contributed by atoms with Crippen molar-refractivity contribution >= 4 is 0 Å². The van der Waals surface area contributed by atoms with Crippen molar-refractivity contribution < 1.29 is 8.78 Å². The molecule has 0 atom stereocenters. The number of halogens is 2. The zero-order chi connectivity index (χ0) is 8.15. The van der Waals surface area contributed by atoms with Crippen LogP contribution in [-0.2, 0) is 0 Å². The van der Waals surface area contributed by atoms with Crippen LogP contribution in [0.15, 0.2) is 23.3 Å². The van der Waals surface area contributed by atoms with E-state index in [9.17, 15) is 8.78 Å². The Morgan fingerprint density at radius 1 is 1.30 bits per heavy atom. The largest absolute Gasteiger partial charge is 0.212 e. The molecular formula is C8H12F2. The third-order valence-electron chi connectivity index (χ3n) is 1.26. The van der Waals surface area contributed by atoms with Gasteiger partial charge in [-0.1, -0.05) is 6.92 Å². The summed E-state index contributed by atoms with van der Waals surface area (Å²) in [6.45, 7) is 4.48. The van der Waals surface area contributed by atoms with Gasteiger partial charge in [0.05, 0.1) is 0 Å². The minimum atomic E-state index is -0.456. The Labute approximate surface area is 60.2 Å². The zero-order valence-electron chi connectivity index (χ0n) is 6.54. The third-order valence-corrected chi connectivity index (χ3v) is 1.26. The van der Waals surface area contributed by atoms with Crippen LogP contribution >= 0.6 is 0 Å². The molecule has 0 amide bonds. The molecular weight excluding hydrogens is 134 g/mol. The SMILES string of the molecule is CC/C=C(F)\C(C)=C(/C)F. The van der Waals surface area contributed by atoms with Crippen LogP contribution in [0.4, 0.5) is 8.78 Å². The highest BCUT2D eigenvalue weighted by Gasteiger charge is 2.00. The monoisotopic (exact) mass is 146 g/mol. The van der Waals surface area contributed by atoms with Gasteiger partial charge in [-0.3, -0.25) is 0 Å². The molecule has 0 aromatic rings. The minimum Gasteiger partial charge on any atom is -0.212 e. The molecule has 58 valence electrons. The summed E-state index contributed by atoms with van der Waals surface area (Å²) in [5.41, 5.74) is 0.0989. The highest BCUT2D eigenvalue weighted by Crippen LogP contribution is 2.16. The quantitative estimate of drug-likeness (QED) is 0.523. The van der Waals surface area contributed by atoms with Gasteiger partial charge >= 0.3 is 0 Å². The Balaban J connectivity index is 4.36. The average molecular weight is 146 g/mol. The van der Waals surface area contributed by atoms with E-state index in [0.717, 1.165) is 0 Å². The molecule has 0 heterocycles. The Kier molecular flexibility index (Phi) is 3.93. The second-order valence-corrected chi connectivity index (χ2v) is 2.12. The smallest absolute Gasteiger partial charge is 0.124 e. The van der Waals surface area contributed by atoms with Gasteiger partial charge in [0.2, 0.25) is 0 Å². The first-order chi connectivity index (χ1) is 4.59. The van der Waals surface area contributed by atoms with Crippen molar-refractivity contribution in [3.8, 4) is 0 Å². The first-order valence-corrected chi connectivity index (χ1v) is 3.28. The maximum Gasteiger partial charge on any atom is 0.124 e. The molecule has 0 saturated carbocycles. The molecule has 0 rings (SSSR count). The molecule has 0 unspecified atom stereocenters. The van der Waals surface area contributed by atoms with Gasteiger partial charge in [0, 0.05) is 5.57 Å². The molecule has 0 aliphatic heterocycles. The standard InChI is InChI=1S/C8H12F2/c1-4-5-8(10)6(2)7(3)9/h5H,4H2,1-3H3/b7-6+,8-5+. The van der Waals surface area contributed by atoms with E-state index in [1.807, 2.05) is 0 Å². The molecule has 0 aromatic heterocycles. The molecule has 10 heavy (non-hydrogen) atoms. The topological polar surface area (TPSA) is 0 Å². The number of rotatable bonds is 2. The lowest BCUT2D eigenvalue weighted by Crippen LogP contribution is -1.79. The van der Waals surface area contributed by atoms with Crippen molar-refractivity contribution in [3.05, 3.63) is 23.3 Å². The van der Waals surface area contributed by atoms with Gasteiger partial charge in [0.15, 0.2) is 0 Å². The fourth-order valence-corrected chi connectivity index (χ4v) is 0.497. The van der Waals surface area contributed by atoms with Crippen LogP contribution < -0.4 is 0 Å². The van der Waals surface area contributed by atoms with E-state index in [-0.39, 0.29) is 5.57 Å². The second kappa shape index (κ2) is 4.20. The van der Waals surface area contributed by atoms with Crippen molar-refractivity contribution in [2.75, 3.05) is 0 Å². The number of allylic oxidation sites excluding steroid dienone is 4. The summed E-state index contributed by atoms with van der Waals surface area (Å²) in [5, 5.41) is 0. The molecule has 0 fully saturated rings. The fourth-order valence-electron chi connectivity index (χ4n) is 0.497. The molecule has 0 aliphatic carbocycles. The van der Waals surface area contributed by atoms with E-state index in [4.69, 9.17) is 0 Å². The van der Waals surface area contributed by atoms with Gasteiger partial charge in [0.25, 0.3) is 0 Å². The van der Waals surface area contributed by atoms with Gasteiger partial charge in [-0.25, -0.2) is 8.78 Å². The summed E-state index contributed by atoms with van der Waals surface area (Å²) in [5.74, 6) is -0.912. The fraction of sp³-hybridized carbons (Fsp3) is 0.500. The van der Waals surface area contributed by atoms with Crippen LogP contribution in [0.25, 0.3) is 0 Å². The second-order valence-electron chi connectivity index (χ2n) is 2.12. The summed E-state index contributed by atoms with van der Waals surface area (Å²) < 4.78 is 24.9. The lowest BCUT2D eigenvalue weighted by Gasteiger charge is -1.95. The maximum absolute atomic E-state index is 12.6. The van der Waals surface area contributed by atoms with E-state index >= 15 is 0 Å². The third kappa shape index (κ3) is 2.76. The Bertz CT molecular complexity index is 162. The summed E-state index contributed by atoms with van der Waals surface area (Å²) in [7, 11) is 0. The first-order valence-electron chi connectivity index (χ1n) is 3.28. The molecule has 0 bridgehead atoms. The van der Waals surface area contributed by atoms with Crippen molar-refractivity contribution in [3.63, 3.8) is 0 Å². The van der Waals surface area contributed by atoms with Crippen molar-refractivity contribution in [2.45, 2.75) is 27.2 Å². The van der Waals surface area contributed by atoms with Gasteiger partial charge in [-0.05, 0) is 26.3 Å². The molecule has 0 aliphatic rings. The van der Waals surface area contributed by atoms with Crippen LogP contribution in [0, 0.1) is 0 Å². The van der Waals surface area contributed by atoms with Crippen molar-refractivity contribution in [1.82, 2.24) is 0 Å². The van der Waals surface area contributed by atoms with Crippen LogP contribution in [0.2, 0.25) is 0 Å². The van der Waals surface area contributed by atoms with Crippen LogP contribution in [-0.4, -0.2) is 0 Å². The molecule has 0 aromatic carbocycles. The average Bonchev–Trinajstić information content (AvgIpc) is 1.87. The van der Waals surface area contributed by atoms with Gasteiger partial charge in [0.1, 0.15) is 11.7 Å². The van der Waals surface area contributed by atoms with Gasteiger partial charge in [-0.15, -0.1) is 0 Å². The van der Waals surface area contributed by atoms with Crippen LogP contribution in [0.3, 0.4) is 0 Å². The predicted octanol–water partition coefficient (Wildman–Crippen LogP) is 3.51. The Hall–Kier alpha value is -0.660. The Morgan fingerprint density at radius 2 is 1.80 bits per heavy atom. The summed E-state index contributed by atoms with van der Waals surface area (Å²) >= 11 is 0. The summed E-state index contributed by atoms with van der Waals surface area (Å²) in [6, 6.07) is 0. The van der Waals surface area contributed by atoms with Crippen LogP contribution in [0.5, 0.6) is 0 Å². The van der Waals surface area contributed by atoms with Crippen molar-refractivity contribution in [1.29, 1.82) is 0 Å². The van der Waals surface area contributed by atoms with E-state index in [0.29, 0.717) is 6.42 Å². The highest BCUT2D eigenvalue weighted by molar-refractivity contribution is 5.24. The van der Waals surface area contributed by atoms with Crippen molar-refractivity contribution in [2.24, 2.45) is 0 Å². The number of hydrogen-bond acceptors (Lipinski definition) is 0. The van der Waals surface area contributed by atoms with Gasteiger partial charge < -0.3 is 0 Å². The van der Waals surface area contributed by atoms with E-state index in [2.05, 4.69) is 0 Å². The molecule has 0 radical (unpaired) electrons. The molecule has 0 saturated heterocycles. The molecule has 0 spiro atoms. The maximum atomic E-state index is 12.6. The van der Waals surface area contributed by atoms with E-state index < -0.39 is 11.7 Å². The summed E-state index contributed by atoms with van der Waals surface area (Å²) in [6.07, 6.45) is 1.95. The van der Waals surface area contributed by atoms with E-state index in [1.165, 1.54) is 19.9 Å². The first kappa shape index (κ1) is 9.34. The highest BCUT2D eigenvalue weighted by atomic mass is 19.1. The van der Waals surface area contributed by atoms with Crippen LogP contribution in [0.1, 0.15) is 27.2 Å². The minimum absolute atomic E-state index is 0.0989. The summed E-state index contributed by atoms with van der Waals surface area (Å²) in [4.78, 5) is 0. The molecule has 2 heteroatoms. The van der Waals surface area contributed by atoms with Gasteiger partial charge in [-0.2, -0.15) is 0 Å². The molecule has 0 N–H and O–H groups in total. The predicted molar refractivity (Wildman–Crippen MR) is 39.0 cm³/mol. The Morgan fingerprint density at radius 3 is 2.10 bits per heavy atom. The lowest BCUT2D eigenvalue weighted by atomic mass is 10.2. The normalized spacial score (nSPS) is 15.1.